The second-order valence-corrected chi connectivity index (χ2v) is 8.10. The summed E-state index contributed by atoms with van der Waals surface area (Å²) in [5.74, 6) is 1.91. The Hall–Kier alpha value is -0.940. The fraction of sp³-hybridized carbons (Fsp3) is 0.850. The van der Waals surface area contributed by atoms with Crippen LogP contribution in [0.4, 0.5) is 0 Å². The Morgan fingerprint density at radius 1 is 1.21 bits per heavy atom. The van der Waals surface area contributed by atoms with Crippen molar-refractivity contribution in [1.29, 1.82) is 0 Å². The van der Waals surface area contributed by atoms with Crippen molar-refractivity contribution < 1.29 is 4.74 Å². The Morgan fingerprint density at radius 3 is 2.66 bits per heavy atom. The molecule has 0 unspecified atom stereocenters. The lowest BCUT2D eigenvalue weighted by molar-refractivity contribution is 0.00820. The molecule has 2 aliphatic rings. The molecule has 8 nitrogen and oxygen atoms in total. The zero-order valence-corrected chi connectivity index (χ0v) is 20.4. The number of ether oxygens (including phenoxy) is 1. The number of hydrogen-bond donors (Lipinski definition) is 2. The number of nitrogens with zero attached hydrogens (tertiary/aromatic N) is 5. The predicted octanol–water partition coefficient (Wildman–Crippen LogP) is 1.91. The van der Waals surface area contributed by atoms with E-state index in [0.29, 0.717) is 5.41 Å². The largest absolute Gasteiger partial charge is 0.379 e. The molecule has 0 spiro atoms. The fourth-order valence-corrected chi connectivity index (χ4v) is 4.45. The van der Waals surface area contributed by atoms with E-state index in [1.807, 2.05) is 7.05 Å². The van der Waals surface area contributed by atoms with Crippen molar-refractivity contribution >= 4 is 29.9 Å². The molecule has 1 aromatic heterocycles. The van der Waals surface area contributed by atoms with Crippen molar-refractivity contribution in [3.8, 4) is 0 Å². The smallest absolute Gasteiger partial charge is 0.191 e. The van der Waals surface area contributed by atoms with Gasteiger partial charge in [-0.05, 0) is 12.8 Å². The second kappa shape index (κ2) is 12.7. The molecule has 0 radical (unpaired) electrons. The molecule has 2 fully saturated rings. The number of nitrogens with one attached hydrogen (secondary N) is 2. The molecular formula is C20H38IN7O. The molecule has 2 heterocycles. The maximum absolute atomic E-state index is 5.53. The topological polar surface area (TPSA) is 79.6 Å². The van der Waals surface area contributed by atoms with Crippen molar-refractivity contribution in [3.63, 3.8) is 0 Å². The number of aromatic nitrogens is 3. The molecule has 0 aromatic carbocycles. The van der Waals surface area contributed by atoms with Gasteiger partial charge in [0.25, 0.3) is 0 Å². The van der Waals surface area contributed by atoms with Crippen LogP contribution in [0.5, 0.6) is 0 Å². The van der Waals surface area contributed by atoms with Crippen LogP contribution in [0.15, 0.2) is 11.3 Å². The highest BCUT2D eigenvalue weighted by Gasteiger charge is 2.34. The van der Waals surface area contributed by atoms with Gasteiger partial charge in [0.05, 0.1) is 13.2 Å². The van der Waals surface area contributed by atoms with E-state index in [0.717, 1.165) is 64.1 Å². The third-order valence-corrected chi connectivity index (χ3v) is 6.09. The zero-order valence-electron chi connectivity index (χ0n) is 18.0. The third kappa shape index (κ3) is 7.36. The summed E-state index contributed by atoms with van der Waals surface area (Å²) in [6.45, 7) is 9.77. The van der Waals surface area contributed by atoms with Crippen molar-refractivity contribution in [2.75, 3.05) is 53.0 Å². The predicted molar refractivity (Wildman–Crippen MR) is 127 cm³/mol. The molecule has 29 heavy (non-hydrogen) atoms. The van der Waals surface area contributed by atoms with E-state index >= 15 is 0 Å². The van der Waals surface area contributed by atoms with E-state index < -0.39 is 0 Å². The average Bonchev–Trinajstić information content (AvgIpc) is 3.19. The quantitative estimate of drug-likeness (QED) is 0.311. The molecule has 166 valence electrons. The van der Waals surface area contributed by atoms with Gasteiger partial charge in [0.2, 0.25) is 0 Å². The number of aryl methyl sites for hydroxylation is 1. The number of hydrogen-bond acceptors (Lipinski definition) is 5. The van der Waals surface area contributed by atoms with Gasteiger partial charge in [-0.1, -0.05) is 26.2 Å². The normalized spacial score (nSPS) is 20.1. The minimum Gasteiger partial charge on any atom is -0.379 e. The molecule has 1 aliphatic carbocycles. The average molecular weight is 519 g/mol. The number of morpholine rings is 1. The van der Waals surface area contributed by atoms with Gasteiger partial charge in [-0.3, -0.25) is 9.89 Å². The van der Waals surface area contributed by atoms with Crippen molar-refractivity contribution in [2.24, 2.45) is 10.4 Å². The van der Waals surface area contributed by atoms with E-state index in [9.17, 15) is 0 Å². The SMILES string of the molecule is CCc1nncn1CCNC(=NC)NCC1(CN2CCOCC2)CCCCC1.I. The molecule has 3 rings (SSSR count). The van der Waals surface area contributed by atoms with Gasteiger partial charge in [0.15, 0.2) is 5.96 Å². The minimum absolute atomic E-state index is 0. The van der Waals surface area contributed by atoms with Gasteiger partial charge in [0, 0.05) is 58.2 Å². The molecule has 1 saturated carbocycles. The first kappa shape index (κ1) is 24.3. The Kier molecular flexibility index (Phi) is 10.6. The molecule has 9 heteroatoms. The van der Waals surface area contributed by atoms with Crippen LogP contribution >= 0.6 is 24.0 Å². The monoisotopic (exact) mass is 519 g/mol. The van der Waals surface area contributed by atoms with Gasteiger partial charge in [-0.25, -0.2) is 0 Å². The van der Waals surface area contributed by atoms with Gasteiger partial charge >= 0.3 is 0 Å². The van der Waals surface area contributed by atoms with Crippen LogP contribution < -0.4 is 10.6 Å². The fourth-order valence-electron chi connectivity index (χ4n) is 4.45. The number of guanidine groups is 1. The maximum atomic E-state index is 5.53. The van der Waals surface area contributed by atoms with E-state index in [2.05, 4.69) is 42.2 Å². The highest BCUT2D eigenvalue weighted by molar-refractivity contribution is 14.0. The molecule has 0 bridgehead atoms. The van der Waals surface area contributed by atoms with E-state index in [1.54, 1.807) is 6.33 Å². The van der Waals surface area contributed by atoms with Crippen LogP contribution in [0.2, 0.25) is 0 Å². The van der Waals surface area contributed by atoms with E-state index in [4.69, 9.17) is 4.74 Å². The van der Waals surface area contributed by atoms with Crippen LogP contribution in [-0.4, -0.2) is 78.6 Å². The summed E-state index contributed by atoms with van der Waals surface area (Å²) >= 11 is 0. The lowest BCUT2D eigenvalue weighted by atomic mass is 9.73. The highest BCUT2D eigenvalue weighted by atomic mass is 127. The van der Waals surface area contributed by atoms with Gasteiger partial charge in [-0.15, -0.1) is 34.2 Å². The summed E-state index contributed by atoms with van der Waals surface area (Å²) in [5, 5.41) is 15.2. The molecule has 0 amide bonds. The standard InChI is InChI=1S/C20H37N7O.HI/c1-3-18-25-24-17-27(18)10-9-22-19(21-2)23-15-20(7-5-4-6-8-20)16-26-11-13-28-14-12-26;/h17H,3-16H2,1-2H3,(H2,21,22,23);1H. The summed E-state index contributed by atoms with van der Waals surface area (Å²) in [5.41, 5.74) is 0.344. The summed E-state index contributed by atoms with van der Waals surface area (Å²) in [7, 11) is 1.85. The first-order valence-corrected chi connectivity index (χ1v) is 10.9. The third-order valence-electron chi connectivity index (χ3n) is 6.09. The van der Waals surface area contributed by atoms with Gasteiger partial charge in [-0.2, -0.15) is 0 Å². The second-order valence-electron chi connectivity index (χ2n) is 8.10. The Labute approximate surface area is 192 Å². The first-order chi connectivity index (χ1) is 13.7. The van der Waals surface area contributed by atoms with Crippen LogP contribution in [0.3, 0.4) is 0 Å². The molecule has 1 aliphatic heterocycles. The Balaban J connectivity index is 0.00000300. The summed E-state index contributed by atoms with van der Waals surface area (Å²) < 4.78 is 7.63. The van der Waals surface area contributed by atoms with Crippen LogP contribution in [0.1, 0.15) is 44.9 Å². The van der Waals surface area contributed by atoms with Crippen molar-refractivity contribution in [2.45, 2.75) is 52.0 Å². The lowest BCUT2D eigenvalue weighted by Crippen LogP contribution is -2.51. The van der Waals surface area contributed by atoms with Crippen molar-refractivity contribution in [1.82, 2.24) is 30.3 Å². The molecule has 0 atom stereocenters. The number of rotatable bonds is 8. The molecule has 1 aromatic rings. The maximum Gasteiger partial charge on any atom is 0.191 e. The minimum atomic E-state index is 0. The van der Waals surface area contributed by atoms with E-state index in [-0.39, 0.29) is 24.0 Å². The molecule has 1 saturated heterocycles. The molecule has 2 N–H and O–H groups in total. The lowest BCUT2D eigenvalue weighted by Gasteiger charge is -2.42. The summed E-state index contributed by atoms with van der Waals surface area (Å²) in [4.78, 5) is 7.02. The summed E-state index contributed by atoms with van der Waals surface area (Å²) in [6, 6.07) is 0. The van der Waals surface area contributed by atoms with Gasteiger partial charge < -0.3 is 19.9 Å². The number of halogens is 1. The number of aliphatic imine (C=N–C) groups is 1. The summed E-state index contributed by atoms with van der Waals surface area (Å²) in [6.07, 6.45) is 9.35. The highest BCUT2D eigenvalue weighted by Crippen LogP contribution is 2.36. The van der Waals surface area contributed by atoms with Crippen molar-refractivity contribution in [3.05, 3.63) is 12.2 Å². The van der Waals surface area contributed by atoms with Gasteiger partial charge in [0.1, 0.15) is 12.2 Å². The molecular weight excluding hydrogens is 481 g/mol. The Morgan fingerprint density at radius 2 is 1.97 bits per heavy atom. The Bertz CT molecular complexity index is 610. The zero-order chi connectivity index (χ0) is 19.7. The first-order valence-electron chi connectivity index (χ1n) is 10.9. The van der Waals surface area contributed by atoms with E-state index in [1.165, 1.54) is 38.6 Å². The van der Waals surface area contributed by atoms with Crippen LogP contribution in [-0.2, 0) is 17.7 Å². The van der Waals surface area contributed by atoms with Crippen LogP contribution in [0, 0.1) is 5.41 Å². The van der Waals surface area contributed by atoms with Crippen LogP contribution in [0.25, 0.3) is 0 Å².